The predicted octanol–water partition coefficient (Wildman–Crippen LogP) is 4.90. The van der Waals surface area contributed by atoms with Crippen LogP contribution in [0.1, 0.15) is 11.1 Å². The molecular formula is C14H12Cl3NO2S. The average molecular weight is 365 g/mol. The van der Waals surface area contributed by atoms with Gasteiger partial charge in [0.15, 0.2) is 0 Å². The number of anilines is 1. The first kappa shape index (κ1) is 16.4. The molecule has 0 spiro atoms. The molecule has 0 saturated heterocycles. The zero-order valence-corrected chi connectivity index (χ0v) is 14.1. The predicted molar refractivity (Wildman–Crippen MR) is 88.9 cm³/mol. The maximum absolute atomic E-state index is 12.2. The molecule has 2 aromatic rings. The Morgan fingerprint density at radius 3 is 2.24 bits per heavy atom. The van der Waals surface area contributed by atoms with Crippen LogP contribution in [0.4, 0.5) is 5.69 Å². The van der Waals surface area contributed by atoms with Crippen LogP contribution in [0.25, 0.3) is 0 Å². The standard InChI is InChI=1S/C14H12Cl3NO2S/c1-9-7-10(15)5-6-14(9)18-21(19,20)8-11-12(16)3-2-4-13(11)17/h2-7,18H,8H2,1H3. The molecule has 0 amide bonds. The lowest BCUT2D eigenvalue weighted by atomic mass is 10.2. The molecule has 2 rings (SSSR count). The van der Waals surface area contributed by atoms with Crippen LogP contribution in [-0.2, 0) is 15.8 Å². The van der Waals surface area contributed by atoms with Gasteiger partial charge in [0.25, 0.3) is 0 Å². The van der Waals surface area contributed by atoms with Crippen LogP contribution < -0.4 is 4.72 Å². The molecule has 1 N–H and O–H groups in total. The molecule has 0 saturated carbocycles. The molecular weight excluding hydrogens is 353 g/mol. The van der Waals surface area contributed by atoms with Gasteiger partial charge in [-0.3, -0.25) is 4.72 Å². The van der Waals surface area contributed by atoms with Crippen molar-refractivity contribution >= 4 is 50.5 Å². The van der Waals surface area contributed by atoms with E-state index in [0.717, 1.165) is 5.56 Å². The SMILES string of the molecule is Cc1cc(Cl)ccc1NS(=O)(=O)Cc1c(Cl)cccc1Cl. The Balaban J connectivity index is 2.27. The molecule has 2 aromatic carbocycles. The summed E-state index contributed by atoms with van der Waals surface area (Å²) in [6.45, 7) is 1.77. The largest absolute Gasteiger partial charge is 0.283 e. The van der Waals surface area contributed by atoms with Crippen LogP contribution in [0.3, 0.4) is 0 Å². The van der Waals surface area contributed by atoms with E-state index in [9.17, 15) is 8.42 Å². The van der Waals surface area contributed by atoms with Gasteiger partial charge < -0.3 is 0 Å². The van der Waals surface area contributed by atoms with Crippen LogP contribution >= 0.6 is 34.8 Å². The van der Waals surface area contributed by atoms with Crippen molar-refractivity contribution in [2.24, 2.45) is 0 Å². The maximum Gasteiger partial charge on any atom is 0.237 e. The highest BCUT2D eigenvalue weighted by Gasteiger charge is 2.17. The summed E-state index contributed by atoms with van der Waals surface area (Å²) in [4.78, 5) is 0. The van der Waals surface area contributed by atoms with E-state index in [0.29, 0.717) is 26.3 Å². The lowest BCUT2D eigenvalue weighted by Gasteiger charge is -2.12. The Morgan fingerprint density at radius 2 is 1.67 bits per heavy atom. The van der Waals surface area contributed by atoms with Crippen molar-refractivity contribution in [2.75, 3.05) is 4.72 Å². The normalized spacial score (nSPS) is 11.4. The van der Waals surface area contributed by atoms with Gasteiger partial charge in [-0.1, -0.05) is 40.9 Å². The second kappa shape index (κ2) is 6.44. The summed E-state index contributed by atoms with van der Waals surface area (Å²) in [5.41, 5.74) is 1.58. The number of aryl methyl sites for hydroxylation is 1. The van der Waals surface area contributed by atoms with Gasteiger partial charge in [0.2, 0.25) is 10.0 Å². The number of nitrogens with one attached hydrogen (secondary N) is 1. The van der Waals surface area contributed by atoms with Gasteiger partial charge in [-0.25, -0.2) is 8.42 Å². The van der Waals surface area contributed by atoms with E-state index < -0.39 is 10.0 Å². The molecule has 0 aliphatic carbocycles. The third kappa shape index (κ3) is 4.27. The first-order chi connectivity index (χ1) is 9.78. The van der Waals surface area contributed by atoms with Gasteiger partial charge in [-0.15, -0.1) is 0 Å². The second-order valence-electron chi connectivity index (χ2n) is 4.52. The minimum absolute atomic E-state index is 0.298. The fraction of sp³-hybridized carbons (Fsp3) is 0.143. The van der Waals surface area contributed by atoms with Gasteiger partial charge in [-0.2, -0.15) is 0 Å². The number of halogens is 3. The Hall–Kier alpha value is -0.940. The lowest BCUT2D eigenvalue weighted by molar-refractivity contribution is 0.600. The third-order valence-corrected chi connectivity index (χ3v) is 4.99. The highest BCUT2D eigenvalue weighted by molar-refractivity contribution is 7.91. The summed E-state index contributed by atoms with van der Waals surface area (Å²) in [5, 5.41) is 1.19. The van der Waals surface area contributed by atoms with Crippen LogP contribution in [0.15, 0.2) is 36.4 Å². The van der Waals surface area contributed by atoms with E-state index in [-0.39, 0.29) is 5.75 Å². The Labute approximate surface area is 138 Å². The van der Waals surface area contributed by atoms with Crippen molar-refractivity contribution in [3.05, 3.63) is 62.6 Å². The average Bonchev–Trinajstić information content (AvgIpc) is 2.37. The van der Waals surface area contributed by atoms with E-state index in [1.807, 2.05) is 0 Å². The molecule has 0 unspecified atom stereocenters. The molecule has 0 radical (unpaired) electrons. The van der Waals surface area contributed by atoms with Gasteiger partial charge in [0, 0.05) is 20.6 Å². The summed E-state index contributed by atoms with van der Waals surface area (Å²) in [7, 11) is -3.63. The number of hydrogen-bond donors (Lipinski definition) is 1. The van der Waals surface area contributed by atoms with Gasteiger partial charge in [0.1, 0.15) is 0 Å². The molecule has 0 aliphatic rings. The summed E-state index contributed by atoms with van der Waals surface area (Å²) < 4.78 is 27.0. The molecule has 7 heteroatoms. The fourth-order valence-corrected chi connectivity index (χ4v) is 4.05. The highest BCUT2D eigenvalue weighted by atomic mass is 35.5. The van der Waals surface area contributed by atoms with E-state index in [4.69, 9.17) is 34.8 Å². The minimum Gasteiger partial charge on any atom is -0.283 e. The third-order valence-electron chi connectivity index (χ3n) is 2.85. The van der Waals surface area contributed by atoms with E-state index >= 15 is 0 Å². The van der Waals surface area contributed by atoms with Crippen LogP contribution in [0, 0.1) is 6.92 Å². The first-order valence-corrected chi connectivity index (χ1v) is 8.76. The Bertz CT molecular complexity index is 756. The van der Waals surface area contributed by atoms with Crippen LogP contribution in [0.5, 0.6) is 0 Å². The van der Waals surface area contributed by atoms with E-state index in [2.05, 4.69) is 4.72 Å². The zero-order valence-electron chi connectivity index (χ0n) is 11.0. The van der Waals surface area contributed by atoms with Crippen LogP contribution in [-0.4, -0.2) is 8.42 Å². The molecule has 0 atom stereocenters. The van der Waals surface area contributed by atoms with Crippen molar-refractivity contribution in [3.63, 3.8) is 0 Å². The van der Waals surface area contributed by atoms with Crippen molar-refractivity contribution in [3.8, 4) is 0 Å². The highest BCUT2D eigenvalue weighted by Crippen LogP contribution is 2.27. The van der Waals surface area contributed by atoms with Gasteiger partial charge in [0.05, 0.1) is 11.4 Å². The topological polar surface area (TPSA) is 46.2 Å². The smallest absolute Gasteiger partial charge is 0.237 e. The molecule has 0 heterocycles. The Kier molecular flexibility index (Phi) is 5.04. The van der Waals surface area contributed by atoms with E-state index in [1.54, 1.807) is 43.3 Å². The number of hydrogen-bond acceptors (Lipinski definition) is 2. The van der Waals surface area contributed by atoms with Crippen molar-refractivity contribution in [1.29, 1.82) is 0 Å². The molecule has 112 valence electrons. The number of rotatable bonds is 4. The van der Waals surface area contributed by atoms with Crippen molar-refractivity contribution < 1.29 is 8.42 Å². The Morgan fingerprint density at radius 1 is 1.05 bits per heavy atom. The second-order valence-corrected chi connectivity index (χ2v) is 7.49. The van der Waals surface area contributed by atoms with Gasteiger partial charge >= 0.3 is 0 Å². The summed E-state index contributed by atoms with van der Waals surface area (Å²) in [6.07, 6.45) is 0. The monoisotopic (exact) mass is 363 g/mol. The molecule has 0 fully saturated rings. The van der Waals surface area contributed by atoms with Crippen molar-refractivity contribution in [1.82, 2.24) is 0 Å². The van der Waals surface area contributed by atoms with Crippen molar-refractivity contribution in [2.45, 2.75) is 12.7 Å². The lowest BCUT2D eigenvalue weighted by Crippen LogP contribution is -2.16. The summed E-state index contributed by atoms with van der Waals surface area (Å²) >= 11 is 17.8. The molecule has 0 bridgehead atoms. The minimum atomic E-state index is -3.63. The van der Waals surface area contributed by atoms with Crippen LogP contribution in [0.2, 0.25) is 15.1 Å². The maximum atomic E-state index is 12.2. The summed E-state index contributed by atoms with van der Waals surface area (Å²) in [5.74, 6) is -0.298. The molecule has 21 heavy (non-hydrogen) atoms. The summed E-state index contributed by atoms with van der Waals surface area (Å²) in [6, 6.07) is 9.79. The van der Waals surface area contributed by atoms with Gasteiger partial charge in [-0.05, 0) is 42.8 Å². The van der Waals surface area contributed by atoms with E-state index in [1.165, 1.54) is 0 Å². The zero-order chi connectivity index (χ0) is 15.6. The molecule has 0 aromatic heterocycles. The first-order valence-electron chi connectivity index (χ1n) is 5.98. The fourth-order valence-electron chi connectivity index (χ4n) is 1.81. The molecule has 0 aliphatic heterocycles. The molecule has 3 nitrogen and oxygen atoms in total. The quantitative estimate of drug-likeness (QED) is 0.839. The number of benzene rings is 2. The number of sulfonamides is 1.